The van der Waals surface area contributed by atoms with E-state index >= 15 is 0 Å². The normalized spacial score (nSPS) is 13.3. The molecule has 3 aromatic rings. The van der Waals surface area contributed by atoms with Crippen molar-refractivity contribution in [1.29, 1.82) is 0 Å². The predicted octanol–water partition coefficient (Wildman–Crippen LogP) is 5.12. The standard InChI is InChI=1S/C22H23N3O2/c1-2-3-14-25(19-12-10-15-6-4-8-17(26)21(15)23-19)20-13-11-16-7-5-9-18(27)22(16)24-20/h4,6,8-13,26-27H,2-3,5,7,14H2,1H3. The van der Waals surface area contributed by atoms with Crippen LogP contribution >= 0.6 is 0 Å². The molecule has 0 unspecified atom stereocenters. The van der Waals surface area contributed by atoms with Crippen LogP contribution in [0, 0.1) is 0 Å². The third kappa shape index (κ3) is 3.33. The zero-order valence-corrected chi connectivity index (χ0v) is 15.4. The molecule has 0 amide bonds. The fourth-order valence-electron chi connectivity index (χ4n) is 3.45. The van der Waals surface area contributed by atoms with Crippen molar-refractivity contribution in [2.45, 2.75) is 32.6 Å². The Morgan fingerprint density at radius 2 is 1.81 bits per heavy atom. The molecule has 0 saturated heterocycles. The van der Waals surface area contributed by atoms with Crippen LogP contribution in [0.5, 0.6) is 5.75 Å². The number of unbranched alkanes of at least 4 members (excludes halogenated alkanes) is 1. The van der Waals surface area contributed by atoms with Crippen LogP contribution in [0.25, 0.3) is 16.7 Å². The Labute approximate surface area is 158 Å². The Bertz CT molecular complexity index is 1010. The molecule has 5 heteroatoms. The minimum atomic E-state index is 0.170. The Morgan fingerprint density at radius 3 is 2.67 bits per heavy atom. The van der Waals surface area contributed by atoms with Gasteiger partial charge >= 0.3 is 0 Å². The number of hydrogen-bond donors (Lipinski definition) is 2. The molecular formula is C22H23N3O2. The van der Waals surface area contributed by atoms with Gasteiger partial charge in [-0.15, -0.1) is 0 Å². The van der Waals surface area contributed by atoms with Crippen molar-refractivity contribution in [2.75, 3.05) is 11.4 Å². The van der Waals surface area contributed by atoms with E-state index in [0.717, 1.165) is 54.8 Å². The molecule has 0 aliphatic heterocycles. The van der Waals surface area contributed by atoms with E-state index in [0.29, 0.717) is 11.2 Å². The van der Waals surface area contributed by atoms with E-state index in [9.17, 15) is 10.2 Å². The van der Waals surface area contributed by atoms with Crippen molar-refractivity contribution in [3.63, 3.8) is 0 Å². The highest BCUT2D eigenvalue weighted by Gasteiger charge is 2.18. The number of allylic oxidation sites excluding steroid dienone is 1. The summed E-state index contributed by atoms with van der Waals surface area (Å²) in [7, 11) is 0. The molecule has 0 fully saturated rings. The number of hydrogen-bond acceptors (Lipinski definition) is 5. The number of anilines is 2. The largest absolute Gasteiger partial charge is 0.506 e. The fraction of sp³-hybridized carbons (Fsp3) is 0.273. The van der Waals surface area contributed by atoms with E-state index in [-0.39, 0.29) is 11.5 Å². The lowest BCUT2D eigenvalue weighted by molar-refractivity contribution is 0.480. The lowest BCUT2D eigenvalue weighted by Gasteiger charge is -2.25. The smallest absolute Gasteiger partial charge is 0.141 e. The number of phenols is 1. The molecule has 0 bridgehead atoms. The Morgan fingerprint density at radius 1 is 1.00 bits per heavy atom. The summed E-state index contributed by atoms with van der Waals surface area (Å²) in [6.07, 6.45) is 5.59. The average molecular weight is 361 g/mol. The monoisotopic (exact) mass is 361 g/mol. The van der Waals surface area contributed by atoms with Crippen LogP contribution in [0.3, 0.4) is 0 Å². The summed E-state index contributed by atoms with van der Waals surface area (Å²) in [6.45, 7) is 2.91. The zero-order chi connectivity index (χ0) is 18.8. The predicted molar refractivity (Wildman–Crippen MR) is 108 cm³/mol. The van der Waals surface area contributed by atoms with Gasteiger partial charge in [0.25, 0.3) is 0 Å². The summed E-state index contributed by atoms with van der Waals surface area (Å²) in [5, 5.41) is 21.3. The summed E-state index contributed by atoms with van der Waals surface area (Å²) in [5.74, 6) is 1.91. The molecule has 0 spiro atoms. The first kappa shape index (κ1) is 17.3. The third-order valence-electron chi connectivity index (χ3n) is 4.93. The molecule has 0 radical (unpaired) electrons. The molecule has 0 atom stereocenters. The number of benzene rings is 1. The molecule has 2 aromatic heterocycles. The topological polar surface area (TPSA) is 69.5 Å². The van der Waals surface area contributed by atoms with Crippen molar-refractivity contribution >= 4 is 28.3 Å². The van der Waals surface area contributed by atoms with Gasteiger partial charge in [0, 0.05) is 11.9 Å². The van der Waals surface area contributed by atoms with Gasteiger partial charge in [0.15, 0.2) is 0 Å². The van der Waals surface area contributed by atoms with Crippen LogP contribution in [-0.2, 0) is 6.42 Å². The first-order valence-electron chi connectivity index (χ1n) is 9.43. The lowest BCUT2D eigenvalue weighted by atomic mass is 10.0. The van der Waals surface area contributed by atoms with Gasteiger partial charge in [-0.1, -0.05) is 31.5 Å². The number of fused-ring (bicyclic) bond motifs is 2. The molecule has 4 rings (SSSR count). The van der Waals surface area contributed by atoms with Gasteiger partial charge in [-0.3, -0.25) is 0 Å². The Balaban J connectivity index is 1.79. The van der Waals surface area contributed by atoms with Gasteiger partial charge in [-0.2, -0.15) is 0 Å². The second-order valence-electron chi connectivity index (χ2n) is 6.83. The minimum Gasteiger partial charge on any atom is -0.506 e. The first-order chi connectivity index (χ1) is 13.2. The van der Waals surface area contributed by atoms with Gasteiger partial charge in [-0.25, -0.2) is 9.97 Å². The quantitative estimate of drug-likeness (QED) is 0.660. The van der Waals surface area contributed by atoms with Crippen LogP contribution in [0.1, 0.15) is 37.4 Å². The van der Waals surface area contributed by atoms with Crippen molar-refractivity contribution in [3.05, 3.63) is 59.8 Å². The molecule has 27 heavy (non-hydrogen) atoms. The van der Waals surface area contributed by atoms with E-state index in [4.69, 9.17) is 9.97 Å². The van der Waals surface area contributed by atoms with Crippen LogP contribution in [0.4, 0.5) is 11.6 Å². The van der Waals surface area contributed by atoms with E-state index in [1.54, 1.807) is 6.07 Å². The maximum Gasteiger partial charge on any atom is 0.141 e. The number of rotatable bonds is 5. The number of para-hydroxylation sites is 1. The van der Waals surface area contributed by atoms with Gasteiger partial charge < -0.3 is 15.1 Å². The van der Waals surface area contributed by atoms with Crippen molar-refractivity contribution in [2.24, 2.45) is 0 Å². The number of phenolic OH excluding ortho intramolecular Hbond substituents is 1. The number of aromatic hydroxyl groups is 1. The second-order valence-corrected chi connectivity index (χ2v) is 6.83. The maximum atomic E-state index is 10.2. The van der Waals surface area contributed by atoms with Crippen molar-refractivity contribution in [3.8, 4) is 5.75 Å². The van der Waals surface area contributed by atoms with E-state index in [1.165, 1.54) is 0 Å². The van der Waals surface area contributed by atoms with Gasteiger partial charge in [-0.05, 0) is 55.2 Å². The minimum absolute atomic E-state index is 0.170. The van der Waals surface area contributed by atoms with Crippen LogP contribution in [-0.4, -0.2) is 26.7 Å². The van der Waals surface area contributed by atoms with Gasteiger partial charge in [0.2, 0.25) is 0 Å². The van der Waals surface area contributed by atoms with Crippen LogP contribution < -0.4 is 4.90 Å². The third-order valence-corrected chi connectivity index (χ3v) is 4.93. The van der Waals surface area contributed by atoms with Gasteiger partial charge in [0.05, 0.1) is 0 Å². The Kier molecular flexibility index (Phi) is 4.67. The SMILES string of the molecule is CCCCN(c1ccc2c(n1)C(O)=CCC2)c1ccc2cccc(O)c2n1. The van der Waals surface area contributed by atoms with Gasteiger partial charge in [0.1, 0.15) is 34.4 Å². The number of aliphatic hydroxyl groups is 1. The van der Waals surface area contributed by atoms with E-state index < -0.39 is 0 Å². The van der Waals surface area contributed by atoms with E-state index in [2.05, 4.69) is 11.8 Å². The lowest BCUT2D eigenvalue weighted by Crippen LogP contribution is -2.21. The molecule has 1 aromatic carbocycles. The number of aliphatic hydroxyl groups excluding tert-OH is 1. The van der Waals surface area contributed by atoms with E-state index in [1.807, 2.05) is 42.5 Å². The number of pyridine rings is 2. The highest BCUT2D eigenvalue weighted by atomic mass is 16.3. The fourth-order valence-corrected chi connectivity index (χ4v) is 3.45. The molecule has 1 aliphatic carbocycles. The maximum absolute atomic E-state index is 10.2. The Hall–Kier alpha value is -3.08. The summed E-state index contributed by atoms with van der Waals surface area (Å²) in [5.41, 5.74) is 2.30. The summed E-state index contributed by atoms with van der Waals surface area (Å²) in [6, 6.07) is 13.3. The van der Waals surface area contributed by atoms with Crippen LogP contribution in [0.15, 0.2) is 48.5 Å². The molecule has 1 aliphatic rings. The summed E-state index contributed by atoms with van der Waals surface area (Å²) >= 11 is 0. The number of nitrogens with zero attached hydrogens (tertiary/aromatic N) is 3. The zero-order valence-electron chi connectivity index (χ0n) is 15.4. The highest BCUT2D eigenvalue weighted by Crippen LogP contribution is 2.31. The molecule has 138 valence electrons. The molecule has 5 nitrogen and oxygen atoms in total. The van der Waals surface area contributed by atoms with Crippen molar-refractivity contribution < 1.29 is 10.2 Å². The number of aromatic nitrogens is 2. The highest BCUT2D eigenvalue weighted by molar-refractivity contribution is 5.86. The second kappa shape index (κ2) is 7.27. The molecule has 2 N–H and O–H groups in total. The molecule has 2 heterocycles. The molecule has 0 saturated carbocycles. The summed E-state index contributed by atoms with van der Waals surface area (Å²) in [4.78, 5) is 11.5. The van der Waals surface area contributed by atoms with Crippen LogP contribution in [0.2, 0.25) is 0 Å². The molecular weight excluding hydrogens is 338 g/mol. The summed E-state index contributed by atoms with van der Waals surface area (Å²) < 4.78 is 0. The number of aryl methyl sites for hydroxylation is 1. The average Bonchev–Trinajstić information content (AvgIpc) is 2.69. The van der Waals surface area contributed by atoms with Crippen molar-refractivity contribution in [1.82, 2.24) is 9.97 Å². The first-order valence-corrected chi connectivity index (χ1v) is 9.43.